The lowest BCUT2D eigenvalue weighted by molar-refractivity contribution is -0.115. The lowest BCUT2D eigenvalue weighted by atomic mass is 10.1. The predicted octanol–water partition coefficient (Wildman–Crippen LogP) is 4.70. The summed E-state index contributed by atoms with van der Waals surface area (Å²) in [5.41, 5.74) is 4.68. The highest BCUT2D eigenvalue weighted by atomic mass is 16.4. The van der Waals surface area contributed by atoms with Gasteiger partial charge < -0.3 is 9.73 Å². The zero-order valence-electron chi connectivity index (χ0n) is 14.8. The summed E-state index contributed by atoms with van der Waals surface area (Å²) in [6.07, 6.45) is 1.07. The summed E-state index contributed by atoms with van der Waals surface area (Å²) in [6.45, 7) is 5.93. The second-order valence-corrected chi connectivity index (χ2v) is 6.08. The van der Waals surface area contributed by atoms with Crippen molar-refractivity contribution in [3.8, 4) is 11.5 Å². The van der Waals surface area contributed by atoms with Crippen molar-refractivity contribution >= 4 is 11.6 Å². The Labute approximate surface area is 147 Å². The Hall–Kier alpha value is -2.88. The average Bonchev–Trinajstić information content (AvgIpc) is 2.98. The quantitative estimate of drug-likeness (QED) is 0.735. The molecule has 4 nitrogen and oxygen atoms in total. The number of carbonyl (C=O) groups is 1. The summed E-state index contributed by atoms with van der Waals surface area (Å²) in [6, 6.07) is 15.8. The zero-order chi connectivity index (χ0) is 17.8. The highest BCUT2D eigenvalue weighted by molar-refractivity contribution is 5.93. The molecule has 0 unspecified atom stereocenters. The molecule has 0 atom stereocenters. The fraction of sp³-hybridized carbons (Fsp3) is 0.238. The van der Waals surface area contributed by atoms with Crippen LogP contribution in [0, 0.1) is 13.8 Å². The highest BCUT2D eigenvalue weighted by Crippen LogP contribution is 2.23. The number of oxazole rings is 1. The van der Waals surface area contributed by atoms with Gasteiger partial charge in [0.2, 0.25) is 11.8 Å². The first-order chi connectivity index (χ1) is 12.1. The van der Waals surface area contributed by atoms with Gasteiger partial charge in [0.1, 0.15) is 5.76 Å². The Bertz CT molecular complexity index is 882. The first-order valence-corrected chi connectivity index (χ1v) is 8.48. The van der Waals surface area contributed by atoms with E-state index in [1.54, 1.807) is 0 Å². The highest BCUT2D eigenvalue weighted by Gasteiger charge is 2.16. The molecule has 0 aliphatic rings. The van der Waals surface area contributed by atoms with E-state index in [1.165, 1.54) is 0 Å². The van der Waals surface area contributed by atoms with E-state index < -0.39 is 0 Å². The van der Waals surface area contributed by atoms with Gasteiger partial charge in [-0.05, 0) is 43.5 Å². The summed E-state index contributed by atoms with van der Waals surface area (Å²) in [7, 11) is 0. The first-order valence-electron chi connectivity index (χ1n) is 8.48. The van der Waals surface area contributed by atoms with Crippen LogP contribution in [0.2, 0.25) is 0 Å². The third-order valence-electron chi connectivity index (χ3n) is 4.25. The van der Waals surface area contributed by atoms with Crippen molar-refractivity contribution in [2.45, 2.75) is 33.6 Å². The van der Waals surface area contributed by atoms with Gasteiger partial charge in [-0.3, -0.25) is 4.79 Å². The monoisotopic (exact) mass is 334 g/mol. The van der Waals surface area contributed by atoms with Crippen molar-refractivity contribution in [3.63, 3.8) is 0 Å². The van der Waals surface area contributed by atoms with E-state index in [1.807, 2.05) is 62.4 Å². The van der Waals surface area contributed by atoms with Crippen LogP contribution >= 0.6 is 0 Å². The van der Waals surface area contributed by atoms with Gasteiger partial charge in [-0.15, -0.1) is 0 Å². The van der Waals surface area contributed by atoms with Crippen molar-refractivity contribution < 1.29 is 9.21 Å². The first kappa shape index (κ1) is 17.0. The van der Waals surface area contributed by atoms with Crippen LogP contribution in [0.3, 0.4) is 0 Å². The molecule has 1 N–H and O–H groups in total. The van der Waals surface area contributed by atoms with E-state index in [0.717, 1.165) is 28.8 Å². The van der Waals surface area contributed by atoms with Gasteiger partial charge >= 0.3 is 0 Å². The van der Waals surface area contributed by atoms with Crippen LogP contribution in [0.5, 0.6) is 0 Å². The minimum atomic E-state index is -0.0833. The Kier molecular flexibility index (Phi) is 4.98. The number of nitrogens with zero attached hydrogens (tertiary/aromatic N) is 1. The summed E-state index contributed by atoms with van der Waals surface area (Å²) >= 11 is 0. The van der Waals surface area contributed by atoms with Crippen molar-refractivity contribution in [1.29, 1.82) is 0 Å². The van der Waals surface area contributed by atoms with Gasteiger partial charge in [0, 0.05) is 11.3 Å². The molecule has 1 heterocycles. The second-order valence-electron chi connectivity index (χ2n) is 6.08. The van der Waals surface area contributed by atoms with Gasteiger partial charge in [-0.1, -0.05) is 43.3 Å². The van der Waals surface area contributed by atoms with E-state index in [4.69, 9.17) is 4.42 Å². The number of para-hydroxylation sites is 1. The zero-order valence-corrected chi connectivity index (χ0v) is 14.8. The molecule has 1 aromatic heterocycles. The number of aryl methyl sites for hydroxylation is 3. The molecular formula is C21H22N2O2. The molecule has 0 aliphatic heterocycles. The largest absolute Gasteiger partial charge is 0.441 e. The maximum atomic E-state index is 12.5. The number of hydrogen-bond donors (Lipinski definition) is 1. The fourth-order valence-electron chi connectivity index (χ4n) is 2.83. The topological polar surface area (TPSA) is 55.1 Å². The number of amides is 1. The third kappa shape index (κ3) is 3.79. The Morgan fingerprint density at radius 3 is 2.56 bits per heavy atom. The maximum absolute atomic E-state index is 12.5. The van der Waals surface area contributed by atoms with Gasteiger partial charge in [0.25, 0.3) is 0 Å². The number of benzene rings is 2. The van der Waals surface area contributed by atoms with E-state index in [9.17, 15) is 4.79 Å². The molecule has 0 aliphatic carbocycles. The third-order valence-corrected chi connectivity index (χ3v) is 4.25. The summed E-state index contributed by atoms with van der Waals surface area (Å²) < 4.78 is 5.73. The number of nitrogens with one attached hydrogen (secondary N) is 1. The van der Waals surface area contributed by atoms with Gasteiger partial charge in [0.15, 0.2) is 0 Å². The Morgan fingerprint density at radius 1 is 1.08 bits per heavy atom. The van der Waals surface area contributed by atoms with Crippen molar-refractivity contribution in [3.05, 3.63) is 71.1 Å². The lowest BCUT2D eigenvalue weighted by Gasteiger charge is -2.12. The molecule has 0 bridgehead atoms. The van der Waals surface area contributed by atoms with Crippen LogP contribution in [-0.4, -0.2) is 10.9 Å². The second kappa shape index (κ2) is 7.34. The minimum Gasteiger partial charge on any atom is -0.441 e. The molecule has 0 saturated carbocycles. The normalized spacial score (nSPS) is 10.7. The van der Waals surface area contributed by atoms with Crippen molar-refractivity contribution in [1.82, 2.24) is 4.98 Å². The molecular weight excluding hydrogens is 312 g/mol. The number of hydrogen-bond acceptors (Lipinski definition) is 3. The molecule has 2 aromatic carbocycles. The van der Waals surface area contributed by atoms with Crippen LogP contribution < -0.4 is 5.32 Å². The molecule has 1 amide bonds. The Balaban J connectivity index is 1.77. The van der Waals surface area contributed by atoms with Crippen LogP contribution in [0.25, 0.3) is 11.5 Å². The van der Waals surface area contributed by atoms with E-state index in [0.29, 0.717) is 17.3 Å². The van der Waals surface area contributed by atoms with Gasteiger partial charge in [-0.25, -0.2) is 4.98 Å². The van der Waals surface area contributed by atoms with E-state index in [-0.39, 0.29) is 12.3 Å². The minimum absolute atomic E-state index is 0.0833. The van der Waals surface area contributed by atoms with Crippen molar-refractivity contribution in [2.24, 2.45) is 0 Å². The molecule has 0 saturated heterocycles. The standard InChI is InChI=1S/C21H22N2O2/c1-4-16-12-8-9-14(2)20(16)23-19(24)13-18-15(3)25-21(22-18)17-10-6-5-7-11-17/h5-12H,4,13H2,1-3H3,(H,23,24). The number of carbonyl (C=O) groups excluding carboxylic acids is 1. The van der Waals surface area contributed by atoms with Crippen molar-refractivity contribution in [2.75, 3.05) is 5.32 Å². The summed E-state index contributed by atoms with van der Waals surface area (Å²) in [4.78, 5) is 17.0. The molecule has 4 heteroatoms. The fourth-order valence-corrected chi connectivity index (χ4v) is 2.83. The average molecular weight is 334 g/mol. The maximum Gasteiger partial charge on any atom is 0.230 e. The molecule has 0 spiro atoms. The molecule has 128 valence electrons. The predicted molar refractivity (Wildman–Crippen MR) is 99.6 cm³/mol. The lowest BCUT2D eigenvalue weighted by Crippen LogP contribution is -2.17. The smallest absolute Gasteiger partial charge is 0.230 e. The molecule has 3 aromatic rings. The number of aromatic nitrogens is 1. The molecule has 25 heavy (non-hydrogen) atoms. The molecule has 3 rings (SSSR count). The summed E-state index contributed by atoms with van der Waals surface area (Å²) in [5, 5.41) is 3.03. The van der Waals surface area contributed by atoms with E-state index >= 15 is 0 Å². The number of anilines is 1. The number of rotatable bonds is 5. The van der Waals surface area contributed by atoms with Crippen LogP contribution in [0.15, 0.2) is 52.9 Å². The van der Waals surface area contributed by atoms with Gasteiger partial charge in [0.05, 0.1) is 12.1 Å². The van der Waals surface area contributed by atoms with E-state index in [2.05, 4.69) is 17.2 Å². The van der Waals surface area contributed by atoms with Gasteiger partial charge in [-0.2, -0.15) is 0 Å². The van der Waals surface area contributed by atoms with Crippen LogP contribution in [0.4, 0.5) is 5.69 Å². The molecule has 0 fully saturated rings. The molecule has 0 radical (unpaired) electrons. The van der Waals surface area contributed by atoms with Crippen LogP contribution in [-0.2, 0) is 17.6 Å². The van der Waals surface area contributed by atoms with Crippen LogP contribution in [0.1, 0.15) is 29.5 Å². The summed E-state index contributed by atoms with van der Waals surface area (Å²) in [5.74, 6) is 1.14. The SMILES string of the molecule is CCc1cccc(C)c1NC(=O)Cc1nc(-c2ccccc2)oc1C. The Morgan fingerprint density at radius 2 is 1.84 bits per heavy atom.